The molecule has 12 nitrogen and oxygen atoms in total. The van der Waals surface area contributed by atoms with Crippen molar-refractivity contribution in [3.8, 4) is 0 Å². The summed E-state index contributed by atoms with van der Waals surface area (Å²) in [5.41, 5.74) is 2.86. The average molecular weight is 743 g/mol. The van der Waals surface area contributed by atoms with Crippen LogP contribution in [-0.2, 0) is 33.7 Å². The lowest BCUT2D eigenvalue weighted by Crippen LogP contribution is -2.58. The number of carbonyl (C=O) groups is 4. The number of nitrogens with zero attached hydrogens (tertiary/aromatic N) is 3. The third-order valence-electron chi connectivity index (χ3n) is 10.1. The lowest BCUT2D eigenvalue weighted by molar-refractivity contribution is -0.129. The van der Waals surface area contributed by atoms with Crippen LogP contribution in [0.2, 0.25) is 0 Å². The molecule has 5 amide bonds. The minimum absolute atomic E-state index is 0.0986. The lowest BCUT2D eigenvalue weighted by Gasteiger charge is -2.35. The molecule has 1 aliphatic heterocycles. The van der Waals surface area contributed by atoms with Gasteiger partial charge in [-0.3, -0.25) is 14.6 Å². The van der Waals surface area contributed by atoms with Crippen LogP contribution in [0.15, 0.2) is 78.9 Å². The van der Waals surface area contributed by atoms with Gasteiger partial charge in [-0.2, -0.15) is 0 Å². The molecule has 0 spiro atoms. The SMILES string of the molecule is CCC(C)C(C(=O)NC(Cc1ccccc1)C(O)CC(Cc1ccccc1)NC(=O)C(NC(=O)OC)C(C)(C)C)N1CCN(Cc2cccc(C)n2)C1=O. The number of methoxy groups -OCH3 is 1. The van der Waals surface area contributed by atoms with E-state index in [-0.39, 0.29) is 24.3 Å². The summed E-state index contributed by atoms with van der Waals surface area (Å²) >= 11 is 0. The molecule has 54 heavy (non-hydrogen) atoms. The Bertz CT molecular complexity index is 1680. The molecule has 2 aromatic carbocycles. The molecule has 292 valence electrons. The quantitative estimate of drug-likeness (QED) is 0.152. The van der Waals surface area contributed by atoms with Gasteiger partial charge in [0, 0.05) is 24.8 Å². The predicted molar refractivity (Wildman–Crippen MR) is 208 cm³/mol. The Hall–Kier alpha value is -4.97. The Morgan fingerprint density at radius 1 is 0.870 bits per heavy atom. The van der Waals surface area contributed by atoms with Crippen LogP contribution < -0.4 is 16.0 Å². The molecule has 0 saturated carbocycles. The van der Waals surface area contributed by atoms with Crippen molar-refractivity contribution in [1.29, 1.82) is 0 Å². The number of rotatable bonds is 17. The minimum atomic E-state index is -1.10. The van der Waals surface area contributed by atoms with Crippen molar-refractivity contribution in [1.82, 2.24) is 30.7 Å². The highest BCUT2D eigenvalue weighted by molar-refractivity contribution is 5.88. The van der Waals surface area contributed by atoms with Crippen molar-refractivity contribution < 1.29 is 29.0 Å². The maximum Gasteiger partial charge on any atom is 0.407 e. The van der Waals surface area contributed by atoms with Gasteiger partial charge < -0.3 is 35.6 Å². The van der Waals surface area contributed by atoms with Crippen LogP contribution in [0.1, 0.15) is 70.0 Å². The van der Waals surface area contributed by atoms with E-state index >= 15 is 0 Å². The molecule has 4 rings (SSSR count). The Labute approximate surface area is 320 Å². The summed E-state index contributed by atoms with van der Waals surface area (Å²) in [5, 5.41) is 20.9. The van der Waals surface area contributed by atoms with Crippen LogP contribution in [0, 0.1) is 18.3 Å². The zero-order valence-electron chi connectivity index (χ0n) is 32.7. The third-order valence-corrected chi connectivity index (χ3v) is 10.1. The smallest absolute Gasteiger partial charge is 0.407 e. The highest BCUT2D eigenvalue weighted by Crippen LogP contribution is 2.24. The molecule has 4 N–H and O–H groups in total. The van der Waals surface area contributed by atoms with E-state index in [2.05, 4.69) is 20.9 Å². The molecule has 2 heterocycles. The second-order valence-electron chi connectivity index (χ2n) is 15.4. The molecule has 1 aromatic heterocycles. The van der Waals surface area contributed by atoms with Crippen molar-refractivity contribution >= 4 is 23.9 Å². The first-order valence-corrected chi connectivity index (χ1v) is 18.9. The summed E-state index contributed by atoms with van der Waals surface area (Å²) in [4.78, 5) is 62.2. The largest absolute Gasteiger partial charge is 0.453 e. The fourth-order valence-electron chi connectivity index (χ4n) is 6.92. The second kappa shape index (κ2) is 19.4. The number of amides is 5. The summed E-state index contributed by atoms with van der Waals surface area (Å²) in [6.07, 6.45) is -0.346. The molecule has 0 bridgehead atoms. The van der Waals surface area contributed by atoms with Gasteiger partial charge in [-0.25, -0.2) is 9.59 Å². The van der Waals surface area contributed by atoms with Crippen LogP contribution in [0.5, 0.6) is 0 Å². The number of aromatic nitrogens is 1. The van der Waals surface area contributed by atoms with Gasteiger partial charge in [-0.15, -0.1) is 0 Å². The standard InChI is InChI=1S/C42H58N6O6/c1-8-28(2)36(48-23-22-47(41(48)53)27-32-21-15-16-29(3)43-32)38(50)45-34(25-31-19-13-10-14-20-31)35(49)26-33(24-30-17-11-9-12-18-30)44-39(51)37(42(4,5)6)46-40(52)54-7/h9-21,28,33-37,49H,8,22-27H2,1-7H3,(H,44,51)(H,45,50)(H,46,52). The van der Waals surface area contributed by atoms with Gasteiger partial charge in [0.15, 0.2) is 0 Å². The van der Waals surface area contributed by atoms with Crippen molar-refractivity contribution in [3.63, 3.8) is 0 Å². The number of aliphatic hydroxyl groups is 1. The Balaban J connectivity index is 1.59. The summed E-state index contributed by atoms with van der Waals surface area (Å²) in [5.74, 6) is -0.923. The predicted octanol–water partition coefficient (Wildman–Crippen LogP) is 5.02. The van der Waals surface area contributed by atoms with Crippen molar-refractivity contribution in [2.24, 2.45) is 11.3 Å². The van der Waals surface area contributed by atoms with Gasteiger partial charge in [-0.1, -0.05) is 108 Å². The molecule has 6 atom stereocenters. The van der Waals surface area contributed by atoms with Crippen molar-refractivity contribution in [2.45, 2.75) is 104 Å². The Morgan fingerprint density at radius 3 is 2.07 bits per heavy atom. The monoisotopic (exact) mass is 742 g/mol. The lowest BCUT2D eigenvalue weighted by atomic mass is 9.85. The number of ether oxygens (including phenoxy) is 1. The van der Waals surface area contributed by atoms with Crippen molar-refractivity contribution in [3.05, 3.63) is 101 Å². The highest BCUT2D eigenvalue weighted by atomic mass is 16.5. The van der Waals surface area contributed by atoms with E-state index in [4.69, 9.17) is 4.74 Å². The molecule has 1 saturated heterocycles. The van der Waals surface area contributed by atoms with E-state index in [0.717, 1.165) is 22.5 Å². The van der Waals surface area contributed by atoms with Gasteiger partial charge in [0.2, 0.25) is 11.8 Å². The normalized spacial score (nSPS) is 16.5. The van der Waals surface area contributed by atoms with E-state index in [0.29, 0.717) is 38.9 Å². The van der Waals surface area contributed by atoms with E-state index in [1.165, 1.54) is 7.11 Å². The average Bonchev–Trinajstić information content (AvgIpc) is 3.48. The number of urea groups is 1. The molecule has 6 unspecified atom stereocenters. The number of alkyl carbamates (subject to hydrolysis) is 1. The first-order chi connectivity index (χ1) is 25.7. The number of nitrogens with one attached hydrogen (secondary N) is 3. The maximum atomic E-state index is 14.4. The number of benzene rings is 2. The first-order valence-electron chi connectivity index (χ1n) is 18.9. The zero-order valence-corrected chi connectivity index (χ0v) is 32.7. The molecule has 0 aliphatic carbocycles. The van der Waals surface area contributed by atoms with Gasteiger partial charge >= 0.3 is 12.1 Å². The van der Waals surface area contributed by atoms with Crippen molar-refractivity contribution in [2.75, 3.05) is 20.2 Å². The van der Waals surface area contributed by atoms with Gasteiger partial charge in [0.05, 0.1) is 31.5 Å². The maximum absolute atomic E-state index is 14.4. The molecule has 1 fully saturated rings. The van der Waals surface area contributed by atoms with E-state index in [1.807, 2.05) is 120 Å². The molecule has 3 aromatic rings. The third kappa shape index (κ3) is 11.8. The fraction of sp³-hybridized carbons (Fsp3) is 0.500. The van der Waals surface area contributed by atoms with Gasteiger partial charge in [0.1, 0.15) is 12.1 Å². The van der Waals surface area contributed by atoms with E-state index in [9.17, 15) is 24.3 Å². The number of hydrogen-bond acceptors (Lipinski definition) is 7. The molecular weight excluding hydrogens is 684 g/mol. The zero-order chi connectivity index (χ0) is 39.4. The molecule has 12 heteroatoms. The molecular formula is C42H58N6O6. The highest BCUT2D eigenvalue weighted by Gasteiger charge is 2.41. The summed E-state index contributed by atoms with van der Waals surface area (Å²) in [6.45, 7) is 12.6. The Morgan fingerprint density at radius 2 is 1.50 bits per heavy atom. The van der Waals surface area contributed by atoms with Gasteiger partial charge in [-0.05, 0) is 60.8 Å². The number of aryl methyl sites for hydroxylation is 1. The summed E-state index contributed by atoms with van der Waals surface area (Å²) in [7, 11) is 1.24. The number of aliphatic hydroxyl groups excluding tert-OH is 1. The fourth-order valence-corrected chi connectivity index (χ4v) is 6.92. The van der Waals surface area contributed by atoms with Crippen LogP contribution in [0.25, 0.3) is 0 Å². The minimum Gasteiger partial charge on any atom is -0.453 e. The number of pyridine rings is 1. The second-order valence-corrected chi connectivity index (χ2v) is 15.4. The molecule has 0 radical (unpaired) electrons. The van der Waals surface area contributed by atoms with Crippen LogP contribution >= 0.6 is 0 Å². The van der Waals surface area contributed by atoms with Gasteiger partial charge in [0.25, 0.3) is 0 Å². The first kappa shape index (κ1) is 41.8. The molecule has 1 aliphatic rings. The van der Waals surface area contributed by atoms with Crippen LogP contribution in [0.4, 0.5) is 9.59 Å². The number of carbonyl (C=O) groups excluding carboxylic acids is 4. The van der Waals surface area contributed by atoms with Crippen LogP contribution in [0.3, 0.4) is 0 Å². The van der Waals surface area contributed by atoms with Crippen LogP contribution in [-0.4, -0.2) is 94.3 Å². The topological polar surface area (TPSA) is 153 Å². The van der Waals surface area contributed by atoms with E-state index in [1.54, 1.807) is 9.80 Å². The van der Waals surface area contributed by atoms with E-state index < -0.39 is 47.7 Å². The summed E-state index contributed by atoms with van der Waals surface area (Å²) in [6, 6.07) is 21.7. The number of hydrogen-bond donors (Lipinski definition) is 4. The Kier molecular flexibility index (Phi) is 15.0. The summed E-state index contributed by atoms with van der Waals surface area (Å²) < 4.78 is 4.80.